The molecule has 0 heterocycles. The number of nitrogens with two attached hydrogens (primary N) is 1. The Morgan fingerprint density at radius 2 is 1.94 bits per heavy atom. The molecule has 0 saturated heterocycles. The van der Waals surface area contributed by atoms with E-state index in [0.717, 1.165) is 12.1 Å². The smallest absolute Gasteiger partial charge is 0.182 e. The number of aliphatic hydroxyl groups excluding tert-OH is 2. The fraction of sp³-hybridized carbons (Fsp3) is 0.300. The number of nitrogens with zero attached hydrogens (tertiary/aromatic N) is 1. The number of aliphatic hydroxyl groups is 2. The Labute approximate surface area is 90.5 Å². The lowest BCUT2D eigenvalue weighted by Gasteiger charge is -2.16. The fourth-order valence-corrected chi connectivity index (χ4v) is 1.22. The largest absolute Gasteiger partial charge is 0.396 e. The first-order chi connectivity index (χ1) is 7.49. The van der Waals surface area contributed by atoms with Crippen LogP contribution >= 0.6 is 0 Å². The second-order valence-corrected chi connectivity index (χ2v) is 3.25. The molecular weight excluding hydrogens is 218 g/mol. The third-order valence-corrected chi connectivity index (χ3v) is 2.13. The van der Waals surface area contributed by atoms with Crippen LogP contribution in [0.15, 0.2) is 12.1 Å². The molecule has 86 valence electrons. The van der Waals surface area contributed by atoms with Crippen molar-refractivity contribution in [1.82, 2.24) is 0 Å². The quantitative estimate of drug-likeness (QED) is 0.669. The van der Waals surface area contributed by atoms with Crippen molar-refractivity contribution in [2.45, 2.75) is 18.6 Å². The van der Waals surface area contributed by atoms with Crippen LogP contribution in [0, 0.1) is 23.0 Å². The number of hydrogen-bond donors (Lipinski definition) is 3. The maximum Gasteiger partial charge on any atom is 0.182 e. The summed E-state index contributed by atoms with van der Waals surface area (Å²) in [6.45, 7) is 0. The molecule has 0 amide bonds. The zero-order valence-electron chi connectivity index (χ0n) is 8.19. The Morgan fingerprint density at radius 3 is 2.50 bits per heavy atom. The lowest BCUT2D eigenvalue weighted by atomic mass is 10.0. The van der Waals surface area contributed by atoms with Gasteiger partial charge in [0.05, 0.1) is 24.3 Å². The highest BCUT2D eigenvalue weighted by Gasteiger charge is 2.23. The monoisotopic (exact) mass is 228 g/mol. The molecule has 0 spiro atoms. The van der Waals surface area contributed by atoms with Crippen molar-refractivity contribution in [2.24, 2.45) is 0 Å². The summed E-state index contributed by atoms with van der Waals surface area (Å²) in [6, 6.07) is 3.76. The highest BCUT2D eigenvalue weighted by molar-refractivity contribution is 5.43. The molecule has 0 aliphatic rings. The summed E-state index contributed by atoms with van der Waals surface area (Å²) in [7, 11) is 0. The molecule has 0 radical (unpaired) electrons. The average Bonchev–Trinajstić information content (AvgIpc) is 2.26. The van der Waals surface area contributed by atoms with Crippen LogP contribution in [-0.4, -0.2) is 16.3 Å². The first-order valence-corrected chi connectivity index (χ1v) is 4.45. The van der Waals surface area contributed by atoms with E-state index in [-0.39, 0.29) is 12.1 Å². The molecule has 1 aromatic carbocycles. The van der Waals surface area contributed by atoms with Crippen LogP contribution in [-0.2, 0) is 0 Å². The maximum absolute atomic E-state index is 13.3. The summed E-state index contributed by atoms with van der Waals surface area (Å²) in [5.74, 6) is -2.59. The van der Waals surface area contributed by atoms with Crippen LogP contribution in [0.4, 0.5) is 14.5 Å². The molecule has 16 heavy (non-hydrogen) atoms. The standard InChI is InChI=1S/C10H10F2N2O2/c11-8-5(1-2-6(14)9(8)12)10(16)7(15)3-4-13/h1-2,7,10,15-16H,3,14H2. The van der Waals surface area contributed by atoms with Crippen molar-refractivity contribution in [2.75, 3.05) is 5.73 Å². The van der Waals surface area contributed by atoms with Gasteiger partial charge in [0.15, 0.2) is 11.6 Å². The van der Waals surface area contributed by atoms with Crippen molar-refractivity contribution in [3.05, 3.63) is 29.3 Å². The van der Waals surface area contributed by atoms with E-state index in [1.54, 1.807) is 6.07 Å². The first-order valence-electron chi connectivity index (χ1n) is 4.45. The molecule has 1 aromatic rings. The molecule has 6 heteroatoms. The second kappa shape index (κ2) is 4.88. The highest BCUT2D eigenvalue weighted by Crippen LogP contribution is 2.26. The van der Waals surface area contributed by atoms with Crippen LogP contribution in [0.5, 0.6) is 0 Å². The zero-order valence-corrected chi connectivity index (χ0v) is 8.19. The third-order valence-electron chi connectivity index (χ3n) is 2.13. The van der Waals surface area contributed by atoms with E-state index in [4.69, 9.17) is 11.0 Å². The summed E-state index contributed by atoms with van der Waals surface area (Å²) in [5, 5.41) is 27.0. The van der Waals surface area contributed by atoms with E-state index in [2.05, 4.69) is 0 Å². The first kappa shape index (κ1) is 12.4. The van der Waals surface area contributed by atoms with Gasteiger partial charge in [-0.2, -0.15) is 5.26 Å². The molecule has 2 atom stereocenters. The van der Waals surface area contributed by atoms with Crippen LogP contribution < -0.4 is 5.73 Å². The molecule has 1 rings (SSSR count). The second-order valence-electron chi connectivity index (χ2n) is 3.25. The Balaban J connectivity index is 3.06. The van der Waals surface area contributed by atoms with Gasteiger partial charge in [-0.25, -0.2) is 8.78 Å². The van der Waals surface area contributed by atoms with Crippen molar-refractivity contribution in [1.29, 1.82) is 5.26 Å². The molecule has 2 unspecified atom stereocenters. The number of nitriles is 1. The summed E-state index contributed by atoms with van der Waals surface area (Å²) in [6.07, 6.45) is -3.51. The molecule has 0 aromatic heterocycles. The lowest BCUT2D eigenvalue weighted by molar-refractivity contribution is 0.0191. The minimum atomic E-state index is -1.66. The van der Waals surface area contributed by atoms with Crippen LogP contribution in [0.2, 0.25) is 0 Å². The third kappa shape index (κ3) is 2.27. The van der Waals surface area contributed by atoms with Gasteiger partial charge < -0.3 is 15.9 Å². The molecule has 0 aliphatic carbocycles. The van der Waals surface area contributed by atoms with E-state index in [1.165, 1.54) is 0 Å². The highest BCUT2D eigenvalue weighted by atomic mass is 19.2. The van der Waals surface area contributed by atoms with Gasteiger partial charge in [-0.05, 0) is 6.07 Å². The van der Waals surface area contributed by atoms with Gasteiger partial charge in [-0.1, -0.05) is 6.07 Å². The molecule has 4 nitrogen and oxygen atoms in total. The summed E-state index contributed by atoms with van der Waals surface area (Å²) in [5.41, 5.74) is 4.31. The average molecular weight is 228 g/mol. The molecule has 0 aliphatic heterocycles. The maximum atomic E-state index is 13.3. The number of halogens is 2. The fourth-order valence-electron chi connectivity index (χ4n) is 1.22. The summed E-state index contributed by atoms with van der Waals surface area (Å²) in [4.78, 5) is 0. The minimum Gasteiger partial charge on any atom is -0.396 e. The molecule has 0 saturated carbocycles. The lowest BCUT2D eigenvalue weighted by Crippen LogP contribution is -2.19. The number of anilines is 1. The van der Waals surface area contributed by atoms with E-state index >= 15 is 0 Å². The van der Waals surface area contributed by atoms with Crippen LogP contribution in [0.25, 0.3) is 0 Å². The van der Waals surface area contributed by atoms with E-state index < -0.39 is 29.4 Å². The Bertz CT molecular complexity index is 432. The number of hydrogen-bond acceptors (Lipinski definition) is 4. The van der Waals surface area contributed by atoms with Gasteiger partial charge in [0.1, 0.15) is 6.10 Å². The van der Waals surface area contributed by atoms with Crippen LogP contribution in [0.1, 0.15) is 18.1 Å². The predicted molar refractivity (Wildman–Crippen MR) is 52.0 cm³/mol. The van der Waals surface area contributed by atoms with Crippen molar-refractivity contribution < 1.29 is 19.0 Å². The van der Waals surface area contributed by atoms with Crippen LogP contribution in [0.3, 0.4) is 0 Å². The Hall–Kier alpha value is -1.71. The molecular formula is C10H10F2N2O2. The summed E-state index contributed by atoms with van der Waals surface area (Å²) < 4.78 is 26.3. The predicted octanol–water partition coefficient (Wildman–Crippen LogP) is 0.855. The Kier molecular flexibility index (Phi) is 3.77. The van der Waals surface area contributed by atoms with E-state index in [9.17, 15) is 19.0 Å². The van der Waals surface area contributed by atoms with Crippen molar-refractivity contribution >= 4 is 5.69 Å². The molecule has 0 bridgehead atoms. The number of benzene rings is 1. The zero-order chi connectivity index (χ0) is 12.3. The van der Waals surface area contributed by atoms with Gasteiger partial charge in [-0.15, -0.1) is 0 Å². The van der Waals surface area contributed by atoms with E-state index in [0.29, 0.717) is 0 Å². The Morgan fingerprint density at radius 1 is 1.31 bits per heavy atom. The van der Waals surface area contributed by atoms with Gasteiger partial charge in [0.25, 0.3) is 0 Å². The van der Waals surface area contributed by atoms with Gasteiger partial charge in [-0.3, -0.25) is 0 Å². The minimum absolute atomic E-state index is 0.382. The molecule has 4 N–H and O–H groups in total. The van der Waals surface area contributed by atoms with E-state index in [1.807, 2.05) is 0 Å². The van der Waals surface area contributed by atoms with Crippen molar-refractivity contribution in [3.8, 4) is 6.07 Å². The van der Waals surface area contributed by atoms with Gasteiger partial charge in [0, 0.05) is 5.56 Å². The van der Waals surface area contributed by atoms with Gasteiger partial charge >= 0.3 is 0 Å². The normalized spacial score (nSPS) is 14.2. The van der Waals surface area contributed by atoms with Crippen molar-refractivity contribution in [3.63, 3.8) is 0 Å². The number of rotatable bonds is 3. The summed E-state index contributed by atoms with van der Waals surface area (Å²) >= 11 is 0. The number of nitrogen functional groups attached to an aromatic ring is 1. The topological polar surface area (TPSA) is 90.3 Å². The molecule has 0 fully saturated rings. The SMILES string of the molecule is N#CCC(O)C(O)c1ccc(N)c(F)c1F. The van der Waals surface area contributed by atoms with Gasteiger partial charge in [0.2, 0.25) is 0 Å².